The zero-order valence-electron chi connectivity index (χ0n) is 15.0. The number of ether oxygens (including phenoxy) is 2. The van der Waals surface area contributed by atoms with Gasteiger partial charge in [0.05, 0.1) is 22.7 Å². The number of carbonyl (C=O) groups excluding carboxylic acids is 2. The van der Waals surface area contributed by atoms with Crippen LogP contribution in [-0.4, -0.2) is 30.2 Å². The van der Waals surface area contributed by atoms with Gasteiger partial charge in [0.2, 0.25) is 0 Å². The lowest BCUT2D eigenvalue weighted by Gasteiger charge is -2.13. The summed E-state index contributed by atoms with van der Waals surface area (Å²) in [6.45, 7) is 3.47. The topological polar surface area (TPSA) is 57.5 Å². The van der Waals surface area contributed by atoms with Crippen molar-refractivity contribution in [2.24, 2.45) is 0 Å². The molecule has 1 heterocycles. The summed E-state index contributed by atoms with van der Waals surface area (Å²) in [4.78, 5) is 25.1. The van der Waals surface area contributed by atoms with Gasteiger partial charge in [-0.05, 0) is 53.5 Å². The number of hydrogen-bond acceptors (Lipinski definition) is 4. The summed E-state index contributed by atoms with van der Waals surface area (Å²) in [6.07, 6.45) is 0. The van der Waals surface area contributed by atoms with E-state index in [1.807, 2.05) is 31.2 Å². The highest BCUT2D eigenvalue weighted by Crippen LogP contribution is 2.32. The summed E-state index contributed by atoms with van der Waals surface area (Å²) in [6, 6.07) is 11.0. The minimum Gasteiger partial charge on any atom is -0.482 e. The fourth-order valence-corrected chi connectivity index (χ4v) is 4.67. The SMILES string of the molecule is COC(=O)c1c(C)n(C(=O)COc2c(C)cc(Br)cc2Br)c2ccccc12. The number of aromatic nitrogens is 1. The summed E-state index contributed by atoms with van der Waals surface area (Å²) in [5.74, 6) is -0.135. The van der Waals surface area contributed by atoms with Crippen LogP contribution in [0.1, 0.15) is 26.4 Å². The normalized spacial score (nSPS) is 10.9. The number of para-hydroxylation sites is 1. The van der Waals surface area contributed by atoms with Gasteiger partial charge in [-0.3, -0.25) is 9.36 Å². The summed E-state index contributed by atoms with van der Waals surface area (Å²) >= 11 is 6.88. The molecule has 0 amide bonds. The van der Waals surface area contributed by atoms with Gasteiger partial charge in [-0.15, -0.1) is 0 Å². The van der Waals surface area contributed by atoms with E-state index in [4.69, 9.17) is 9.47 Å². The number of fused-ring (bicyclic) bond motifs is 1. The first-order valence-electron chi connectivity index (χ1n) is 8.15. The van der Waals surface area contributed by atoms with Crippen LogP contribution < -0.4 is 4.74 Å². The Morgan fingerprint density at radius 3 is 2.48 bits per heavy atom. The van der Waals surface area contributed by atoms with Gasteiger partial charge in [0.1, 0.15) is 5.75 Å². The second-order valence-corrected chi connectivity index (χ2v) is 7.79. The van der Waals surface area contributed by atoms with Crippen LogP contribution in [0.2, 0.25) is 0 Å². The lowest BCUT2D eigenvalue weighted by atomic mass is 10.1. The molecule has 0 unspecified atom stereocenters. The first-order valence-corrected chi connectivity index (χ1v) is 9.73. The van der Waals surface area contributed by atoms with Crippen LogP contribution in [0.15, 0.2) is 45.3 Å². The molecule has 0 N–H and O–H groups in total. The average molecular weight is 495 g/mol. The van der Waals surface area contributed by atoms with Gasteiger partial charge in [-0.1, -0.05) is 34.1 Å². The second kappa shape index (κ2) is 7.86. The van der Waals surface area contributed by atoms with E-state index in [0.29, 0.717) is 27.9 Å². The molecule has 0 radical (unpaired) electrons. The number of benzene rings is 2. The molecule has 0 aliphatic rings. The molecular weight excluding hydrogens is 478 g/mol. The number of methoxy groups -OCH3 is 1. The first-order chi connectivity index (χ1) is 12.8. The van der Waals surface area contributed by atoms with Crippen molar-refractivity contribution >= 4 is 54.6 Å². The number of aryl methyl sites for hydroxylation is 1. The Hall–Kier alpha value is -2.12. The van der Waals surface area contributed by atoms with E-state index in [2.05, 4.69) is 31.9 Å². The molecule has 0 aliphatic heterocycles. The molecule has 2 aromatic carbocycles. The lowest BCUT2D eigenvalue weighted by molar-refractivity contribution is 0.0602. The molecule has 0 saturated heterocycles. The highest BCUT2D eigenvalue weighted by molar-refractivity contribution is 9.11. The fraction of sp³-hybridized carbons (Fsp3) is 0.200. The number of nitrogens with zero attached hydrogens (tertiary/aromatic N) is 1. The molecule has 0 saturated carbocycles. The Morgan fingerprint density at radius 1 is 1.11 bits per heavy atom. The van der Waals surface area contributed by atoms with Gasteiger partial charge in [-0.25, -0.2) is 4.79 Å². The van der Waals surface area contributed by atoms with Crippen molar-refractivity contribution in [3.63, 3.8) is 0 Å². The minimum atomic E-state index is -0.470. The highest BCUT2D eigenvalue weighted by Gasteiger charge is 2.23. The predicted molar refractivity (Wildman–Crippen MR) is 111 cm³/mol. The van der Waals surface area contributed by atoms with E-state index in [9.17, 15) is 9.59 Å². The smallest absolute Gasteiger partial charge is 0.340 e. The Morgan fingerprint density at radius 2 is 1.81 bits per heavy atom. The van der Waals surface area contributed by atoms with E-state index >= 15 is 0 Å². The predicted octanol–water partition coefficient (Wildman–Crippen LogP) is 5.29. The molecule has 0 atom stereocenters. The summed E-state index contributed by atoms with van der Waals surface area (Å²) in [7, 11) is 1.33. The van der Waals surface area contributed by atoms with Crippen molar-refractivity contribution in [2.45, 2.75) is 13.8 Å². The first kappa shape index (κ1) is 19.6. The van der Waals surface area contributed by atoms with Crippen LogP contribution in [0.3, 0.4) is 0 Å². The third-order valence-corrected chi connectivity index (χ3v) is 5.33. The lowest BCUT2D eigenvalue weighted by Crippen LogP contribution is -2.21. The molecule has 0 spiro atoms. The zero-order valence-corrected chi connectivity index (χ0v) is 18.2. The van der Waals surface area contributed by atoms with E-state index in [1.165, 1.54) is 11.7 Å². The third kappa shape index (κ3) is 3.66. The number of carbonyl (C=O) groups is 2. The fourth-order valence-electron chi connectivity index (χ4n) is 3.12. The van der Waals surface area contributed by atoms with Crippen molar-refractivity contribution < 1.29 is 19.1 Å². The number of esters is 1. The van der Waals surface area contributed by atoms with Crippen LogP contribution in [0.4, 0.5) is 0 Å². The third-order valence-electron chi connectivity index (χ3n) is 4.28. The monoisotopic (exact) mass is 493 g/mol. The maximum Gasteiger partial charge on any atom is 0.340 e. The van der Waals surface area contributed by atoms with Crippen molar-refractivity contribution in [3.05, 3.63) is 62.2 Å². The largest absolute Gasteiger partial charge is 0.482 e. The summed E-state index contributed by atoms with van der Waals surface area (Å²) < 4.78 is 13.8. The van der Waals surface area contributed by atoms with E-state index < -0.39 is 5.97 Å². The second-order valence-electron chi connectivity index (χ2n) is 6.02. The molecular formula is C20H17Br2NO4. The van der Waals surface area contributed by atoms with E-state index in [1.54, 1.807) is 19.1 Å². The molecule has 0 bridgehead atoms. The highest BCUT2D eigenvalue weighted by atomic mass is 79.9. The van der Waals surface area contributed by atoms with Gasteiger partial charge in [0, 0.05) is 15.6 Å². The molecule has 140 valence electrons. The van der Waals surface area contributed by atoms with Gasteiger partial charge < -0.3 is 9.47 Å². The molecule has 0 fully saturated rings. The van der Waals surface area contributed by atoms with Crippen molar-refractivity contribution in [1.82, 2.24) is 4.57 Å². The van der Waals surface area contributed by atoms with Crippen LogP contribution in [-0.2, 0) is 4.74 Å². The van der Waals surface area contributed by atoms with Gasteiger partial charge >= 0.3 is 5.97 Å². The molecule has 3 rings (SSSR count). The maximum absolute atomic E-state index is 12.9. The van der Waals surface area contributed by atoms with E-state index in [-0.39, 0.29) is 12.5 Å². The van der Waals surface area contributed by atoms with E-state index in [0.717, 1.165) is 14.5 Å². The van der Waals surface area contributed by atoms with Crippen LogP contribution in [0, 0.1) is 13.8 Å². The van der Waals surface area contributed by atoms with Crippen molar-refractivity contribution in [3.8, 4) is 5.75 Å². The Kier molecular flexibility index (Phi) is 5.72. The van der Waals surface area contributed by atoms with Gasteiger partial charge in [-0.2, -0.15) is 0 Å². The average Bonchev–Trinajstić information content (AvgIpc) is 2.91. The number of rotatable bonds is 4. The molecule has 3 aromatic rings. The van der Waals surface area contributed by atoms with Crippen LogP contribution >= 0.6 is 31.9 Å². The summed E-state index contributed by atoms with van der Waals surface area (Å²) in [5.41, 5.74) is 2.47. The maximum atomic E-state index is 12.9. The van der Waals surface area contributed by atoms with Crippen molar-refractivity contribution in [2.75, 3.05) is 13.7 Å². The number of halogens is 2. The van der Waals surface area contributed by atoms with Gasteiger partial charge in [0.25, 0.3) is 5.91 Å². The van der Waals surface area contributed by atoms with Gasteiger partial charge in [0.15, 0.2) is 6.61 Å². The molecule has 5 nitrogen and oxygen atoms in total. The quantitative estimate of drug-likeness (QED) is 0.462. The summed E-state index contributed by atoms with van der Waals surface area (Å²) in [5, 5.41) is 0.677. The molecule has 1 aromatic heterocycles. The zero-order chi connectivity index (χ0) is 19.7. The molecule has 27 heavy (non-hydrogen) atoms. The minimum absolute atomic E-state index is 0.165. The standard InChI is InChI=1S/C20H17Br2NO4/c1-11-8-13(21)9-15(22)19(11)27-10-17(24)23-12(2)18(20(25)26-3)14-6-4-5-7-16(14)23/h4-9H,10H2,1-3H3. The molecule has 7 heteroatoms. The van der Waals surface area contributed by atoms with Crippen LogP contribution in [0.5, 0.6) is 5.75 Å². The Bertz CT molecular complexity index is 1030. The van der Waals surface area contributed by atoms with Crippen LogP contribution in [0.25, 0.3) is 10.9 Å². The number of hydrogen-bond donors (Lipinski definition) is 0. The molecule has 0 aliphatic carbocycles. The Labute approximate surface area is 173 Å². The van der Waals surface area contributed by atoms with Crippen molar-refractivity contribution in [1.29, 1.82) is 0 Å². The Balaban J connectivity index is 1.98.